The van der Waals surface area contributed by atoms with Gasteiger partial charge >= 0.3 is 0 Å². The van der Waals surface area contributed by atoms with Gasteiger partial charge in [0, 0.05) is 56.3 Å². The van der Waals surface area contributed by atoms with Crippen molar-refractivity contribution in [1.29, 1.82) is 5.41 Å². The Balaban J connectivity index is 1.32. The van der Waals surface area contributed by atoms with Gasteiger partial charge in [0.2, 0.25) is 0 Å². The van der Waals surface area contributed by atoms with Gasteiger partial charge in [-0.05, 0) is 42.5 Å². The van der Waals surface area contributed by atoms with E-state index in [2.05, 4.69) is 64.5 Å². The molecule has 0 aliphatic rings. The first-order chi connectivity index (χ1) is 22.7. The summed E-state index contributed by atoms with van der Waals surface area (Å²) in [6.45, 7) is 0. The SMILES string of the molecule is N=Cc1cc2c3ccccc3n(-c3cccc(-c4nc(-c5ccccc5)nc(-c5ccccc5)n4)c3)c2cc1Nc1ccccc1. The van der Waals surface area contributed by atoms with Crippen LogP contribution in [0.25, 0.3) is 61.7 Å². The fourth-order valence-electron chi connectivity index (χ4n) is 5.94. The van der Waals surface area contributed by atoms with Crippen LogP contribution in [0.2, 0.25) is 0 Å². The van der Waals surface area contributed by atoms with Crippen LogP contribution in [0.4, 0.5) is 11.4 Å². The van der Waals surface area contributed by atoms with Crippen molar-refractivity contribution in [2.24, 2.45) is 0 Å². The topological polar surface area (TPSA) is 79.5 Å². The lowest BCUT2D eigenvalue weighted by atomic mass is 10.1. The molecule has 0 atom stereocenters. The van der Waals surface area contributed by atoms with Crippen LogP contribution in [0.15, 0.2) is 152 Å². The molecular weight excluding hydrogens is 564 g/mol. The van der Waals surface area contributed by atoms with Crippen LogP contribution in [0.1, 0.15) is 5.56 Å². The molecule has 6 heteroatoms. The van der Waals surface area contributed by atoms with E-state index in [-0.39, 0.29) is 0 Å². The minimum Gasteiger partial charge on any atom is -0.355 e. The van der Waals surface area contributed by atoms with Gasteiger partial charge in [-0.15, -0.1) is 0 Å². The molecule has 0 bridgehead atoms. The number of nitrogens with one attached hydrogen (secondary N) is 2. The Morgan fingerprint density at radius 3 is 1.72 bits per heavy atom. The summed E-state index contributed by atoms with van der Waals surface area (Å²) in [4.78, 5) is 14.8. The summed E-state index contributed by atoms with van der Waals surface area (Å²) in [5.41, 5.74) is 8.50. The highest BCUT2D eigenvalue weighted by molar-refractivity contribution is 6.12. The zero-order valence-corrected chi connectivity index (χ0v) is 24.8. The second-order valence-electron chi connectivity index (χ2n) is 11.0. The summed E-state index contributed by atoms with van der Waals surface area (Å²) < 4.78 is 2.27. The maximum Gasteiger partial charge on any atom is 0.164 e. The summed E-state index contributed by atoms with van der Waals surface area (Å²) in [6.07, 6.45) is 1.41. The largest absolute Gasteiger partial charge is 0.355 e. The normalized spacial score (nSPS) is 11.1. The molecule has 46 heavy (non-hydrogen) atoms. The summed E-state index contributed by atoms with van der Waals surface area (Å²) in [6, 6.07) is 51.1. The molecule has 0 radical (unpaired) electrons. The minimum absolute atomic E-state index is 0.604. The molecule has 0 aliphatic heterocycles. The lowest BCUT2D eigenvalue weighted by molar-refractivity contribution is 1.07. The van der Waals surface area contributed by atoms with E-state index in [4.69, 9.17) is 20.4 Å². The smallest absolute Gasteiger partial charge is 0.164 e. The predicted octanol–water partition coefficient (Wildman–Crippen LogP) is 9.71. The van der Waals surface area contributed by atoms with Gasteiger partial charge in [-0.1, -0.05) is 109 Å². The molecule has 0 saturated carbocycles. The standard InChI is InChI=1S/C40H28N6/c41-26-30-24-34-33-21-10-11-22-36(33)46(37(34)25-35(30)42-31-18-8-3-9-19-31)32-20-12-17-29(23-32)40-44-38(27-13-4-1-5-14-27)43-39(45-40)28-15-6-2-7-16-28/h1-26,41-42H. The quantitative estimate of drug-likeness (QED) is 0.181. The van der Waals surface area contributed by atoms with Crippen molar-refractivity contribution in [3.8, 4) is 39.9 Å². The Kier molecular flexibility index (Phi) is 6.85. The molecule has 0 saturated heterocycles. The van der Waals surface area contributed by atoms with Gasteiger partial charge < -0.3 is 15.3 Å². The van der Waals surface area contributed by atoms with Gasteiger partial charge in [0.15, 0.2) is 17.5 Å². The minimum atomic E-state index is 0.604. The third-order valence-corrected chi connectivity index (χ3v) is 8.11. The maximum absolute atomic E-state index is 8.20. The van der Waals surface area contributed by atoms with Gasteiger partial charge in [-0.3, -0.25) is 0 Å². The molecule has 2 aromatic heterocycles. The Bertz CT molecular complexity index is 2290. The van der Waals surface area contributed by atoms with Crippen LogP contribution in [0, 0.1) is 5.41 Å². The second-order valence-corrected chi connectivity index (χ2v) is 11.0. The number of benzene rings is 6. The van der Waals surface area contributed by atoms with E-state index in [1.807, 2.05) is 97.1 Å². The third kappa shape index (κ3) is 4.98. The van der Waals surface area contributed by atoms with Gasteiger partial charge in [0.1, 0.15) is 0 Å². The number of para-hydroxylation sites is 2. The summed E-state index contributed by atoms with van der Waals surface area (Å²) in [5.74, 6) is 1.86. The molecule has 0 amide bonds. The number of fused-ring (bicyclic) bond motifs is 3. The van der Waals surface area contributed by atoms with E-state index in [9.17, 15) is 0 Å². The summed E-state index contributed by atoms with van der Waals surface area (Å²) in [5, 5.41) is 13.9. The fraction of sp³-hybridized carbons (Fsp3) is 0. The molecule has 8 aromatic rings. The Morgan fingerprint density at radius 1 is 0.500 bits per heavy atom. The van der Waals surface area contributed by atoms with Crippen LogP contribution in [-0.4, -0.2) is 25.7 Å². The van der Waals surface area contributed by atoms with Crippen molar-refractivity contribution in [3.63, 3.8) is 0 Å². The molecule has 6 nitrogen and oxygen atoms in total. The van der Waals surface area contributed by atoms with E-state index in [1.54, 1.807) is 0 Å². The number of anilines is 2. The molecule has 2 heterocycles. The van der Waals surface area contributed by atoms with E-state index >= 15 is 0 Å². The number of aromatic nitrogens is 4. The van der Waals surface area contributed by atoms with Crippen molar-refractivity contribution in [3.05, 3.63) is 157 Å². The first-order valence-electron chi connectivity index (χ1n) is 15.1. The van der Waals surface area contributed by atoms with E-state index in [1.165, 1.54) is 6.21 Å². The van der Waals surface area contributed by atoms with Gasteiger partial charge in [0.05, 0.1) is 11.0 Å². The number of hydrogen-bond acceptors (Lipinski definition) is 5. The maximum atomic E-state index is 8.20. The Morgan fingerprint density at radius 2 is 1.07 bits per heavy atom. The molecule has 0 unspecified atom stereocenters. The molecule has 2 N–H and O–H groups in total. The molecule has 0 spiro atoms. The van der Waals surface area contributed by atoms with Crippen molar-refractivity contribution in [2.75, 3.05) is 5.32 Å². The lowest BCUT2D eigenvalue weighted by Crippen LogP contribution is -2.01. The van der Waals surface area contributed by atoms with Gasteiger partial charge in [-0.25, -0.2) is 15.0 Å². The van der Waals surface area contributed by atoms with Crippen molar-refractivity contribution >= 4 is 39.4 Å². The number of hydrogen-bond donors (Lipinski definition) is 2. The zero-order valence-electron chi connectivity index (χ0n) is 24.8. The van der Waals surface area contributed by atoms with Crippen LogP contribution in [0.3, 0.4) is 0 Å². The van der Waals surface area contributed by atoms with Gasteiger partial charge in [0.25, 0.3) is 0 Å². The lowest BCUT2D eigenvalue weighted by Gasteiger charge is -2.13. The molecule has 6 aromatic carbocycles. The molecule has 0 fully saturated rings. The summed E-state index contributed by atoms with van der Waals surface area (Å²) in [7, 11) is 0. The van der Waals surface area contributed by atoms with Crippen LogP contribution in [-0.2, 0) is 0 Å². The molecular formula is C40H28N6. The van der Waals surface area contributed by atoms with Gasteiger partial charge in [-0.2, -0.15) is 0 Å². The van der Waals surface area contributed by atoms with E-state index in [0.717, 1.165) is 61.1 Å². The van der Waals surface area contributed by atoms with Crippen molar-refractivity contribution in [1.82, 2.24) is 19.5 Å². The first kappa shape index (κ1) is 27.2. The number of rotatable bonds is 7. The fourth-order valence-corrected chi connectivity index (χ4v) is 5.94. The van der Waals surface area contributed by atoms with Crippen LogP contribution in [0.5, 0.6) is 0 Å². The summed E-state index contributed by atoms with van der Waals surface area (Å²) >= 11 is 0. The monoisotopic (exact) mass is 592 g/mol. The number of nitrogens with zero attached hydrogens (tertiary/aromatic N) is 4. The third-order valence-electron chi connectivity index (χ3n) is 8.11. The Labute approximate surface area is 266 Å². The molecule has 218 valence electrons. The van der Waals surface area contributed by atoms with Crippen molar-refractivity contribution in [2.45, 2.75) is 0 Å². The van der Waals surface area contributed by atoms with E-state index < -0.39 is 0 Å². The Hall–Kier alpha value is -6.40. The molecule has 8 rings (SSSR count). The average molecular weight is 593 g/mol. The first-order valence-corrected chi connectivity index (χ1v) is 15.1. The second kappa shape index (κ2) is 11.6. The highest BCUT2D eigenvalue weighted by Crippen LogP contribution is 2.37. The highest BCUT2D eigenvalue weighted by Gasteiger charge is 2.17. The van der Waals surface area contributed by atoms with E-state index in [0.29, 0.717) is 17.5 Å². The predicted molar refractivity (Wildman–Crippen MR) is 188 cm³/mol. The van der Waals surface area contributed by atoms with Crippen LogP contribution < -0.4 is 5.32 Å². The highest BCUT2D eigenvalue weighted by atomic mass is 15.0. The van der Waals surface area contributed by atoms with Crippen LogP contribution >= 0.6 is 0 Å². The zero-order chi connectivity index (χ0) is 30.9. The molecule has 0 aliphatic carbocycles. The van der Waals surface area contributed by atoms with Crippen molar-refractivity contribution < 1.29 is 0 Å². The average Bonchev–Trinajstić information content (AvgIpc) is 3.45.